The molecule has 5 heteroatoms. The molecule has 0 aliphatic heterocycles. The van der Waals surface area contributed by atoms with E-state index in [2.05, 4.69) is 4.98 Å². The standard InChI is InChI=1S/C16H11F2NO2/c17-13-6-5-11(8-14(13)18)21-16-7-10(9-20)19-15-4-2-1-3-12(15)16/h1-8,20H,9H2. The van der Waals surface area contributed by atoms with Crippen LogP contribution in [0, 0.1) is 11.6 Å². The lowest BCUT2D eigenvalue weighted by atomic mass is 10.2. The van der Waals surface area contributed by atoms with Crippen LogP contribution in [0.1, 0.15) is 5.69 Å². The predicted molar refractivity (Wildman–Crippen MR) is 74.1 cm³/mol. The van der Waals surface area contributed by atoms with Crippen LogP contribution in [0.15, 0.2) is 48.5 Å². The number of fused-ring (bicyclic) bond motifs is 1. The number of aliphatic hydroxyl groups excluding tert-OH is 1. The number of aromatic nitrogens is 1. The van der Waals surface area contributed by atoms with Crippen LogP contribution >= 0.6 is 0 Å². The molecule has 0 radical (unpaired) electrons. The maximum absolute atomic E-state index is 13.2. The van der Waals surface area contributed by atoms with E-state index >= 15 is 0 Å². The minimum atomic E-state index is -0.978. The number of ether oxygens (including phenoxy) is 1. The van der Waals surface area contributed by atoms with E-state index in [0.717, 1.165) is 17.5 Å². The fourth-order valence-electron chi connectivity index (χ4n) is 2.03. The highest BCUT2D eigenvalue weighted by Crippen LogP contribution is 2.30. The first-order valence-corrected chi connectivity index (χ1v) is 6.30. The van der Waals surface area contributed by atoms with E-state index in [0.29, 0.717) is 17.0 Å². The number of para-hydroxylation sites is 1. The van der Waals surface area contributed by atoms with Crippen LogP contribution in [-0.4, -0.2) is 10.1 Å². The van der Waals surface area contributed by atoms with Crippen LogP contribution in [0.5, 0.6) is 11.5 Å². The van der Waals surface area contributed by atoms with Gasteiger partial charge in [0, 0.05) is 17.5 Å². The third kappa shape index (κ3) is 2.68. The van der Waals surface area contributed by atoms with E-state index < -0.39 is 11.6 Å². The summed E-state index contributed by atoms with van der Waals surface area (Å²) in [6.45, 7) is -0.237. The summed E-state index contributed by atoms with van der Waals surface area (Å²) in [4.78, 5) is 4.26. The van der Waals surface area contributed by atoms with Crippen LogP contribution in [0.3, 0.4) is 0 Å². The molecule has 3 aromatic rings. The van der Waals surface area contributed by atoms with Gasteiger partial charge in [0.2, 0.25) is 0 Å². The van der Waals surface area contributed by atoms with Gasteiger partial charge in [0.05, 0.1) is 17.8 Å². The molecule has 0 unspecified atom stereocenters. The summed E-state index contributed by atoms with van der Waals surface area (Å²) in [5.41, 5.74) is 1.09. The van der Waals surface area contributed by atoms with Gasteiger partial charge in [0.15, 0.2) is 11.6 Å². The maximum Gasteiger partial charge on any atom is 0.162 e. The Bertz CT molecular complexity index is 805. The number of nitrogens with zero attached hydrogens (tertiary/aromatic N) is 1. The first kappa shape index (κ1) is 13.5. The van der Waals surface area contributed by atoms with Crippen molar-refractivity contribution in [3.05, 3.63) is 65.9 Å². The fourth-order valence-corrected chi connectivity index (χ4v) is 2.03. The van der Waals surface area contributed by atoms with Crippen LogP contribution in [0.25, 0.3) is 10.9 Å². The number of benzene rings is 2. The SMILES string of the molecule is OCc1cc(Oc2ccc(F)c(F)c2)c2ccccc2n1. The molecule has 21 heavy (non-hydrogen) atoms. The van der Waals surface area contributed by atoms with Crippen molar-refractivity contribution in [2.75, 3.05) is 0 Å². The summed E-state index contributed by atoms with van der Waals surface area (Å²) < 4.78 is 31.8. The average molecular weight is 287 g/mol. The summed E-state index contributed by atoms with van der Waals surface area (Å²) in [6.07, 6.45) is 0. The van der Waals surface area contributed by atoms with Crippen molar-refractivity contribution < 1.29 is 18.6 Å². The van der Waals surface area contributed by atoms with Gasteiger partial charge in [-0.1, -0.05) is 12.1 Å². The summed E-state index contributed by atoms with van der Waals surface area (Å²) in [7, 11) is 0. The molecule has 0 spiro atoms. The maximum atomic E-state index is 13.2. The van der Waals surface area contributed by atoms with Crippen molar-refractivity contribution >= 4 is 10.9 Å². The van der Waals surface area contributed by atoms with Crippen molar-refractivity contribution in [3.8, 4) is 11.5 Å². The van der Waals surface area contributed by atoms with E-state index in [9.17, 15) is 13.9 Å². The molecule has 0 bridgehead atoms. The molecule has 2 aromatic carbocycles. The Morgan fingerprint density at radius 1 is 1.00 bits per heavy atom. The first-order valence-electron chi connectivity index (χ1n) is 6.30. The number of hydrogen-bond acceptors (Lipinski definition) is 3. The quantitative estimate of drug-likeness (QED) is 0.796. The van der Waals surface area contributed by atoms with Gasteiger partial charge in [-0.15, -0.1) is 0 Å². The van der Waals surface area contributed by atoms with Gasteiger partial charge in [0.1, 0.15) is 11.5 Å². The van der Waals surface area contributed by atoms with Gasteiger partial charge in [0.25, 0.3) is 0 Å². The Morgan fingerprint density at radius 2 is 1.81 bits per heavy atom. The van der Waals surface area contributed by atoms with E-state index in [1.807, 2.05) is 12.1 Å². The number of halogens is 2. The zero-order valence-corrected chi connectivity index (χ0v) is 10.9. The monoisotopic (exact) mass is 287 g/mol. The number of rotatable bonds is 3. The lowest BCUT2D eigenvalue weighted by molar-refractivity contribution is 0.276. The van der Waals surface area contributed by atoms with Gasteiger partial charge < -0.3 is 9.84 Å². The van der Waals surface area contributed by atoms with Gasteiger partial charge in [-0.3, -0.25) is 4.98 Å². The summed E-state index contributed by atoms with van der Waals surface area (Å²) in [6, 6.07) is 12.1. The van der Waals surface area contributed by atoms with Gasteiger partial charge in [-0.25, -0.2) is 8.78 Å². The molecule has 3 rings (SSSR count). The minimum Gasteiger partial charge on any atom is -0.456 e. The Kier molecular flexibility index (Phi) is 3.50. The molecule has 0 fully saturated rings. The summed E-state index contributed by atoms with van der Waals surface area (Å²) in [5.74, 6) is -1.31. The van der Waals surface area contributed by atoms with Crippen molar-refractivity contribution in [3.63, 3.8) is 0 Å². The Hall–Kier alpha value is -2.53. The highest BCUT2D eigenvalue weighted by atomic mass is 19.2. The molecule has 106 valence electrons. The Labute approximate surface area is 119 Å². The molecule has 0 amide bonds. The van der Waals surface area contributed by atoms with E-state index in [-0.39, 0.29) is 12.4 Å². The summed E-state index contributed by atoms with van der Waals surface area (Å²) in [5, 5.41) is 9.96. The zero-order chi connectivity index (χ0) is 14.8. The molecule has 0 saturated carbocycles. The smallest absolute Gasteiger partial charge is 0.162 e. The molecule has 3 nitrogen and oxygen atoms in total. The van der Waals surface area contributed by atoms with Crippen LogP contribution in [0.2, 0.25) is 0 Å². The van der Waals surface area contributed by atoms with Gasteiger partial charge >= 0.3 is 0 Å². The minimum absolute atomic E-state index is 0.175. The zero-order valence-electron chi connectivity index (χ0n) is 10.9. The van der Waals surface area contributed by atoms with Gasteiger partial charge in [-0.2, -0.15) is 0 Å². The molecule has 0 aliphatic carbocycles. The van der Waals surface area contributed by atoms with E-state index in [1.165, 1.54) is 6.07 Å². The van der Waals surface area contributed by atoms with Crippen molar-refractivity contribution in [1.29, 1.82) is 0 Å². The Morgan fingerprint density at radius 3 is 2.57 bits per heavy atom. The van der Waals surface area contributed by atoms with Crippen molar-refractivity contribution in [1.82, 2.24) is 4.98 Å². The predicted octanol–water partition coefficient (Wildman–Crippen LogP) is 3.80. The van der Waals surface area contributed by atoms with Crippen LogP contribution < -0.4 is 4.74 Å². The number of hydrogen-bond donors (Lipinski definition) is 1. The first-order chi connectivity index (χ1) is 10.2. The third-order valence-corrected chi connectivity index (χ3v) is 3.01. The second-order valence-electron chi connectivity index (χ2n) is 4.46. The molecular weight excluding hydrogens is 276 g/mol. The normalized spacial score (nSPS) is 10.8. The average Bonchev–Trinajstić information content (AvgIpc) is 2.51. The Balaban J connectivity index is 2.08. The number of aliphatic hydroxyl groups is 1. The van der Waals surface area contributed by atoms with Crippen molar-refractivity contribution in [2.45, 2.75) is 6.61 Å². The highest BCUT2D eigenvalue weighted by molar-refractivity contribution is 5.85. The third-order valence-electron chi connectivity index (χ3n) is 3.01. The largest absolute Gasteiger partial charge is 0.456 e. The second kappa shape index (κ2) is 5.46. The number of pyridine rings is 1. The van der Waals surface area contributed by atoms with Crippen LogP contribution in [-0.2, 0) is 6.61 Å². The lowest BCUT2D eigenvalue weighted by Gasteiger charge is -2.10. The lowest BCUT2D eigenvalue weighted by Crippen LogP contribution is -1.94. The van der Waals surface area contributed by atoms with Crippen LogP contribution in [0.4, 0.5) is 8.78 Å². The molecule has 1 N–H and O–H groups in total. The topological polar surface area (TPSA) is 42.4 Å². The van der Waals surface area contributed by atoms with E-state index in [1.54, 1.807) is 18.2 Å². The molecule has 1 heterocycles. The van der Waals surface area contributed by atoms with Gasteiger partial charge in [-0.05, 0) is 24.3 Å². The van der Waals surface area contributed by atoms with Crippen molar-refractivity contribution in [2.24, 2.45) is 0 Å². The van der Waals surface area contributed by atoms with E-state index in [4.69, 9.17) is 4.74 Å². The summed E-state index contributed by atoms with van der Waals surface area (Å²) >= 11 is 0. The molecule has 0 saturated heterocycles. The molecular formula is C16H11F2NO2. The second-order valence-corrected chi connectivity index (χ2v) is 4.46. The fraction of sp³-hybridized carbons (Fsp3) is 0.0625. The molecule has 0 aliphatic rings. The molecule has 1 aromatic heterocycles. The molecule has 0 atom stereocenters. The highest BCUT2D eigenvalue weighted by Gasteiger charge is 2.09.